The number of hydrogen-bond donors (Lipinski definition) is 2. The SMILES string of the molecule is O=C(CC(CO)CO)O[SiH3]. The van der Waals surface area contributed by atoms with Crippen molar-refractivity contribution in [3.63, 3.8) is 0 Å². The fraction of sp³-hybridized carbons (Fsp3) is 0.800. The van der Waals surface area contributed by atoms with Crippen LogP contribution in [0.3, 0.4) is 0 Å². The first-order valence-electron chi connectivity index (χ1n) is 3.03. The van der Waals surface area contributed by atoms with Gasteiger partial charge in [0.1, 0.15) is 0 Å². The quantitative estimate of drug-likeness (QED) is 0.463. The summed E-state index contributed by atoms with van der Waals surface area (Å²) in [6.45, 7) is -0.347. The van der Waals surface area contributed by atoms with Crippen LogP contribution in [0.4, 0.5) is 0 Å². The lowest BCUT2D eigenvalue weighted by molar-refractivity contribution is -0.135. The number of aliphatic hydroxyl groups excluding tert-OH is 2. The number of carbonyl (C=O) groups excluding carboxylic acids is 1. The topological polar surface area (TPSA) is 66.8 Å². The van der Waals surface area contributed by atoms with Crippen molar-refractivity contribution < 1.29 is 19.4 Å². The maximum atomic E-state index is 10.5. The number of aliphatic hydroxyl groups is 2. The van der Waals surface area contributed by atoms with E-state index in [2.05, 4.69) is 4.43 Å². The predicted molar refractivity (Wildman–Crippen MR) is 38.3 cm³/mol. The summed E-state index contributed by atoms with van der Waals surface area (Å²) in [4.78, 5) is 10.5. The Hall–Kier alpha value is -0.393. The van der Waals surface area contributed by atoms with E-state index in [4.69, 9.17) is 10.2 Å². The van der Waals surface area contributed by atoms with Crippen LogP contribution in [0.1, 0.15) is 6.42 Å². The molecule has 0 amide bonds. The average Bonchev–Trinajstić information content (AvgIpc) is 1.99. The zero-order chi connectivity index (χ0) is 7.98. The predicted octanol–water partition coefficient (Wildman–Crippen LogP) is -2.20. The molecule has 10 heavy (non-hydrogen) atoms. The van der Waals surface area contributed by atoms with Gasteiger partial charge in [-0.1, -0.05) is 0 Å². The van der Waals surface area contributed by atoms with Crippen molar-refractivity contribution >= 4 is 16.5 Å². The van der Waals surface area contributed by atoms with E-state index in [9.17, 15) is 4.79 Å². The first kappa shape index (κ1) is 9.61. The van der Waals surface area contributed by atoms with Gasteiger partial charge in [0.2, 0.25) is 10.5 Å². The molecule has 0 aromatic rings. The van der Waals surface area contributed by atoms with Crippen LogP contribution in [0, 0.1) is 5.92 Å². The van der Waals surface area contributed by atoms with Crippen LogP contribution >= 0.6 is 0 Å². The van der Waals surface area contributed by atoms with E-state index in [1.165, 1.54) is 0 Å². The highest BCUT2D eigenvalue weighted by molar-refractivity contribution is 6.05. The summed E-state index contributed by atoms with van der Waals surface area (Å²) >= 11 is 0. The Morgan fingerprint density at radius 1 is 1.50 bits per heavy atom. The molecular formula is C5H12O4Si. The second-order valence-corrected chi connectivity index (χ2v) is 2.42. The highest BCUT2D eigenvalue weighted by Crippen LogP contribution is 2.00. The number of hydrogen-bond acceptors (Lipinski definition) is 4. The lowest BCUT2D eigenvalue weighted by Gasteiger charge is -2.07. The molecule has 0 spiro atoms. The van der Waals surface area contributed by atoms with E-state index in [1.807, 2.05) is 0 Å². The zero-order valence-electron chi connectivity index (χ0n) is 5.91. The molecule has 60 valence electrons. The summed E-state index contributed by atoms with van der Waals surface area (Å²) in [6, 6.07) is 0. The second-order valence-electron chi connectivity index (χ2n) is 2.01. The van der Waals surface area contributed by atoms with Gasteiger partial charge in [-0.2, -0.15) is 0 Å². The molecule has 5 heteroatoms. The largest absolute Gasteiger partial charge is 0.529 e. The summed E-state index contributed by atoms with van der Waals surface area (Å²) in [5.41, 5.74) is 0. The monoisotopic (exact) mass is 164 g/mol. The standard InChI is InChI=1S/C5H12O4Si/c6-2-4(3-7)1-5(8)9-10/h4,6-7H,1-3H2,10H3. The molecule has 0 aromatic carbocycles. The molecule has 0 heterocycles. The van der Waals surface area contributed by atoms with Gasteiger partial charge in [-0.15, -0.1) is 0 Å². The van der Waals surface area contributed by atoms with Crippen LogP contribution in [-0.2, 0) is 9.22 Å². The summed E-state index contributed by atoms with van der Waals surface area (Å²) in [5.74, 6) is -0.707. The second kappa shape index (κ2) is 5.40. The molecule has 0 fully saturated rings. The van der Waals surface area contributed by atoms with Crippen molar-refractivity contribution in [2.45, 2.75) is 6.42 Å². The smallest absolute Gasteiger partial charge is 0.292 e. The van der Waals surface area contributed by atoms with Gasteiger partial charge in [0.05, 0.1) is 6.42 Å². The van der Waals surface area contributed by atoms with Gasteiger partial charge in [-0.3, -0.25) is 4.79 Å². The van der Waals surface area contributed by atoms with Crippen LogP contribution < -0.4 is 0 Å². The van der Waals surface area contributed by atoms with Gasteiger partial charge in [-0.05, 0) is 0 Å². The third kappa shape index (κ3) is 3.60. The van der Waals surface area contributed by atoms with E-state index in [0.29, 0.717) is 10.5 Å². The normalized spacial score (nSPS) is 10.3. The van der Waals surface area contributed by atoms with Crippen molar-refractivity contribution in [3.8, 4) is 0 Å². The summed E-state index contributed by atoms with van der Waals surface area (Å²) in [6.07, 6.45) is 0.108. The van der Waals surface area contributed by atoms with Crippen LogP contribution in [0.2, 0.25) is 0 Å². The van der Waals surface area contributed by atoms with Gasteiger partial charge in [0, 0.05) is 19.1 Å². The Morgan fingerprint density at radius 3 is 2.30 bits per heavy atom. The molecule has 0 atom stereocenters. The van der Waals surface area contributed by atoms with Gasteiger partial charge in [-0.25, -0.2) is 0 Å². The van der Waals surface area contributed by atoms with Crippen LogP contribution in [0.15, 0.2) is 0 Å². The highest BCUT2D eigenvalue weighted by Gasteiger charge is 2.10. The Labute approximate surface area is 62.4 Å². The van der Waals surface area contributed by atoms with Crippen LogP contribution in [-0.4, -0.2) is 39.9 Å². The van der Waals surface area contributed by atoms with E-state index >= 15 is 0 Å². The first-order valence-corrected chi connectivity index (χ1v) is 3.84. The molecule has 4 nitrogen and oxygen atoms in total. The van der Waals surface area contributed by atoms with Crippen LogP contribution in [0.5, 0.6) is 0 Å². The number of rotatable bonds is 4. The van der Waals surface area contributed by atoms with Crippen molar-refractivity contribution in [2.24, 2.45) is 5.92 Å². The fourth-order valence-corrected chi connectivity index (χ4v) is 0.673. The van der Waals surface area contributed by atoms with Crippen molar-refractivity contribution in [2.75, 3.05) is 13.2 Å². The van der Waals surface area contributed by atoms with Gasteiger partial charge >= 0.3 is 0 Å². The maximum absolute atomic E-state index is 10.5. The summed E-state index contributed by atoms with van der Waals surface area (Å²) in [7, 11) is 0.371. The molecule has 0 bridgehead atoms. The average molecular weight is 164 g/mol. The van der Waals surface area contributed by atoms with E-state index in [-0.39, 0.29) is 31.5 Å². The van der Waals surface area contributed by atoms with E-state index in [1.54, 1.807) is 0 Å². The fourth-order valence-electron chi connectivity index (χ4n) is 0.506. The third-order valence-corrected chi connectivity index (χ3v) is 1.65. The summed E-state index contributed by atoms with van der Waals surface area (Å²) in [5, 5.41) is 17.0. The Morgan fingerprint density at radius 2 is 2.00 bits per heavy atom. The van der Waals surface area contributed by atoms with Gasteiger partial charge in [0.15, 0.2) is 0 Å². The molecule has 0 aliphatic rings. The first-order chi connectivity index (χ1) is 4.74. The molecule has 0 aliphatic carbocycles. The highest BCUT2D eigenvalue weighted by atomic mass is 28.2. The van der Waals surface area contributed by atoms with Crippen molar-refractivity contribution in [1.29, 1.82) is 0 Å². The molecule has 0 radical (unpaired) electrons. The van der Waals surface area contributed by atoms with Gasteiger partial charge in [0.25, 0.3) is 5.97 Å². The molecule has 0 saturated heterocycles. The Bertz CT molecular complexity index is 102. The molecule has 0 aromatic heterocycles. The minimum Gasteiger partial charge on any atom is -0.529 e. The minimum absolute atomic E-state index is 0.108. The molecular weight excluding hydrogens is 152 g/mol. The molecule has 0 saturated carbocycles. The van der Waals surface area contributed by atoms with Gasteiger partial charge < -0.3 is 14.6 Å². The van der Waals surface area contributed by atoms with Crippen molar-refractivity contribution in [1.82, 2.24) is 0 Å². The Balaban J connectivity index is 3.52. The molecule has 0 unspecified atom stereocenters. The van der Waals surface area contributed by atoms with Crippen molar-refractivity contribution in [3.05, 3.63) is 0 Å². The molecule has 0 rings (SSSR count). The zero-order valence-corrected chi connectivity index (χ0v) is 7.91. The molecule has 2 N–H and O–H groups in total. The third-order valence-electron chi connectivity index (χ3n) is 1.20. The summed E-state index contributed by atoms with van der Waals surface area (Å²) < 4.78 is 4.46. The minimum atomic E-state index is -0.360. The van der Waals surface area contributed by atoms with E-state index in [0.717, 1.165) is 0 Å². The number of carbonyl (C=O) groups is 1. The molecule has 0 aliphatic heterocycles. The lowest BCUT2D eigenvalue weighted by atomic mass is 10.1. The van der Waals surface area contributed by atoms with E-state index < -0.39 is 0 Å². The maximum Gasteiger partial charge on any atom is 0.292 e. The Kier molecular flexibility index (Phi) is 5.18. The van der Waals surface area contributed by atoms with Crippen LogP contribution in [0.25, 0.3) is 0 Å². The lowest BCUT2D eigenvalue weighted by Crippen LogP contribution is -2.17.